The van der Waals surface area contributed by atoms with Gasteiger partial charge in [0.05, 0.1) is 6.26 Å². The summed E-state index contributed by atoms with van der Waals surface area (Å²) in [4.78, 5) is 11.1. The molecule has 0 aliphatic heterocycles. The molecule has 0 aromatic carbocycles. The summed E-state index contributed by atoms with van der Waals surface area (Å²) in [5.74, 6) is -0.570. The first-order chi connectivity index (χ1) is 5.24. The van der Waals surface area contributed by atoms with E-state index in [9.17, 15) is 13.2 Å². The van der Waals surface area contributed by atoms with Gasteiger partial charge in [0.15, 0.2) is 0 Å². The first-order valence-electron chi connectivity index (χ1n) is 3.75. The van der Waals surface area contributed by atoms with Crippen LogP contribution in [0.25, 0.3) is 0 Å². The fourth-order valence-corrected chi connectivity index (χ4v) is 1.13. The van der Waals surface area contributed by atoms with Gasteiger partial charge in [-0.1, -0.05) is 20.8 Å². The molecule has 0 radical (unpaired) electrons. The Bertz CT molecular complexity index is 256. The molecule has 0 saturated carbocycles. The van der Waals surface area contributed by atoms with Crippen molar-refractivity contribution in [3.8, 4) is 0 Å². The van der Waals surface area contributed by atoms with Gasteiger partial charge >= 0.3 is 0 Å². The number of hydrogen-bond donors (Lipinski definition) is 1. The van der Waals surface area contributed by atoms with Crippen LogP contribution in [0.3, 0.4) is 0 Å². The van der Waals surface area contributed by atoms with E-state index in [4.69, 9.17) is 0 Å². The highest BCUT2D eigenvalue weighted by atomic mass is 32.2. The molecular weight excluding hydrogens is 178 g/mol. The molecule has 1 unspecified atom stereocenters. The molecule has 0 fully saturated rings. The molecule has 0 bridgehead atoms. The normalized spacial score (nSPS) is 14.4. The second-order valence-corrected chi connectivity index (χ2v) is 5.02. The highest BCUT2D eigenvalue weighted by molar-refractivity contribution is 7.89. The average Bonchev–Trinajstić information content (AvgIpc) is 1.82. The van der Waals surface area contributed by atoms with E-state index in [0.29, 0.717) is 0 Å². The lowest BCUT2D eigenvalue weighted by Crippen LogP contribution is -2.35. The Morgan fingerprint density at radius 2 is 1.67 bits per heavy atom. The van der Waals surface area contributed by atoms with Gasteiger partial charge in [-0.05, 0) is 5.92 Å². The lowest BCUT2D eigenvalue weighted by molar-refractivity contribution is -0.123. The Morgan fingerprint density at radius 1 is 1.25 bits per heavy atom. The number of carbonyl (C=O) groups excluding carboxylic acids is 1. The van der Waals surface area contributed by atoms with E-state index in [1.54, 1.807) is 6.92 Å². The van der Waals surface area contributed by atoms with E-state index >= 15 is 0 Å². The molecule has 1 N–H and O–H groups in total. The monoisotopic (exact) mass is 193 g/mol. The molecule has 1 amide bonds. The highest BCUT2D eigenvalue weighted by Gasteiger charge is 2.19. The number of nitrogens with one attached hydrogen (secondary N) is 1. The second kappa shape index (κ2) is 3.89. The molecular formula is C7H15NO3S. The van der Waals surface area contributed by atoms with Crippen LogP contribution in [0.2, 0.25) is 0 Å². The Kier molecular flexibility index (Phi) is 3.70. The van der Waals surface area contributed by atoms with E-state index in [0.717, 1.165) is 6.26 Å². The van der Waals surface area contributed by atoms with Crippen LogP contribution in [-0.2, 0) is 14.8 Å². The Hall–Kier alpha value is -0.580. The third-order valence-corrected chi connectivity index (χ3v) is 2.27. The summed E-state index contributed by atoms with van der Waals surface area (Å²) in [5.41, 5.74) is 0. The van der Waals surface area contributed by atoms with Crippen LogP contribution in [0.4, 0.5) is 0 Å². The molecule has 0 aliphatic carbocycles. The van der Waals surface area contributed by atoms with Crippen molar-refractivity contribution in [2.75, 3.05) is 6.26 Å². The fourth-order valence-electron chi connectivity index (χ4n) is 0.578. The largest absolute Gasteiger partial charge is 0.274 e. The quantitative estimate of drug-likeness (QED) is 0.703. The standard InChI is InChI=1S/C7H15NO3S/c1-5(2)6(3)7(9)8-12(4,10)11/h5-6H,1-4H3,(H,8,9). The van der Waals surface area contributed by atoms with Crippen LogP contribution in [-0.4, -0.2) is 20.6 Å². The summed E-state index contributed by atoms with van der Waals surface area (Å²) in [6.07, 6.45) is 0.970. The van der Waals surface area contributed by atoms with Crippen LogP contribution >= 0.6 is 0 Å². The molecule has 0 aliphatic rings. The molecule has 0 saturated heterocycles. The second-order valence-electron chi connectivity index (χ2n) is 3.27. The Balaban J connectivity index is 4.25. The smallest absolute Gasteiger partial charge is 0.236 e. The van der Waals surface area contributed by atoms with Gasteiger partial charge in [-0.25, -0.2) is 8.42 Å². The summed E-state index contributed by atoms with van der Waals surface area (Å²) in [7, 11) is -3.40. The molecule has 0 aromatic heterocycles. The predicted molar refractivity (Wildman–Crippen MR) is 47.0 cm³/mol. The Labute approximate surface area is 73.4 Å². The molecule has 4 nitrogen and oxygen atoms in total. The topological polar surface area (TPSA) is 63.2 Å². The van der Waals surface area contributed by atoms with Crippen molar-refractivity contribution in [1.82, 2.24) is 4.72 Å². The van der Waals surface area contributed by atoms with E-state index < -0.39 is 15.9 Å². The van der Waals surface area contributed by atoms with Gasteiger partial charge in [0.2, 0.25) is 15.9 Å². The van der Waals surface area contributed by atoms with Gasteiger partial charge in [-0.2, -0.15) is 0 Å². The minimum atomic E-state index is -3.40. The van der Waals surface area contributed by atoms with Gasteiger partial charge in [0, 0.05) is 5.92 Å². The van der Waals surface area contributed by atoms with Gasteiger partial charge in [0.1, 0.15) is 0 Å². The molecule has 0 spiro atoms. The van der Waals surface area contributed by atoms with Crippen molar-refractivity contribution in [3.63, 3.8) is 0 Å². The molecule has 5 heteroatoms. The zero-order chi connectivity index (χ0) is 9.94. The number of amides is 1. The van der Waals surface area contributed by atoms with E-state index in [1.807, 2.05) is 18.6 Å². The summed E-state index contributed by atoms with van der Waals surface area (Å²) in [6, 6.07) is 0. The van der Waals surface area contributed by atoms with Gasteiger partial charge in [-0.3, -0.25) is 9.52 Å². The number of hydrogen-bond acceptors (Lipinski definition) is 3. The maximum absolute atomic E-state index is 11.1. The Morgan fingerprint density at radius 3 is 1.92 bits per heavy atom. The maximum Gasteiger partial charge on any atom is 0.236 e. The molecule has 0 rings (SSSR count). The first kappa shape index (κ1) is 11.4. The lowest BCUT2D eigenvalue weighted by Gasteiger charge is -2.13. The summed E-state index contributed by atoms with van der Waals surface area (Å²) < 4.78 is 23.2. The van der Waals surface area contributed by atoms with Crippen molar-refractivity contribution in [3.05, 3.63) is 0 Å². The summed E-state index contributed by atoms with van der Waals surface area (Å²) in [6.45, 7) is 5.43. The minimum Gasteiger partial charge on any atom is -0.274 e. The minimum absolute atomic E-state index is 0.145. The SMILES string of the molecule is CC(C)C(C)C(=O)NS(C)(=O)=O. The molecule has 0 heterocycles. The third kappa shape index (κ3) is 4.33. The van der Waals surface area contributed by atoms with Crippen LogP contribution in [0, 0.1) is 11.8 Å². The third-order valence-electron chi connectivity index (χ3n) is 1.70. The summed E-state index contributed by atoms with van der Waals surface area (Å²) in [5, 5.41) is 0. The van der Waals surface area contributed by atoms with E-state index in [1.165, 1.54) is 0 Å². The predicted octanol–water partition coefficient (Wildman–Crippen LogP) is 0.354. The molecule has 72 valence electrons. The van der Waals surface area contributed by atoms with Crippen molar-refractivity contribution in [2.45, 2.75) is 20.8 Å². The number of rotatable bonds is 3. The fraction of sp³-hybridized carbons (Fsp3) is 0.857. The average molecular weight is 193 g/mol. The van der Waals surface area contributed by atoms with Crippen molar-refractivity contribution >= 4 is 15.9 Å². The summed E-state index contributed by atoms with van der Waals surface area (Å²) >= 11 is 0. The number of sulfonamides is 1. The number of carbonyl (C=O) groups is 1. The highest BCUT2D eigenvalue weighted by Crippen LogP contribution is 2.09. The molecule has 12 heavy (non-hydrogen) atoms. The zero-order valence-corrected chi connectivity index (χ0v) is 8.60. The zero-order valence-electron chi connectivity index (χ0n) is 7.79. The van der Waals surface area contributed by atoms with E-state index in [2.05, 4.69) is 0 Å². The van der Waals surface area contributed by atoms with Crippen molar-refractivity contribution < 1.29 is 13.2 Å². The maximum atomic E-state index is 11.1. The van der Waals surface area contributed by atoms with Gasteiger partial charge in [0.25, 0.3) is 0 Å². The van der Waals surface area contributed by atoms with Crippen molar-refractivity contribution in [2.24, 2.45) is 11.8 Å². The van der Waals surface area contributed by atoms with Gasteiger partial charge in [-0.15, -0.1) is 0 Å². The van der Waals surface area contributed by atoms with Crippen LogP contribution < -0.4 is 4.72 Å². The lowest BCUT2D eigenvalue weighted by atomic mass is 9.98. The van der Waals surface area contributed by atoms with Crippen LogP contribution in [0.15, 0.2) is 0 Å². The van der Waals surface area contributed by atoms with Crippen LogP contribution in [0.5, 0.6) is 0 Å². The first-order valence-corrected chi connectivity index (χ1v) is 5.65. The molecule has 1 atom stereocenters. The van der Waals surface area contributed by atoms with Crippen LogP contribution in [0.1, 0.15) is 20.8 Å². The van der Waals surface area contributed by atoms with E-state index in [-0.39, 0.29) is 11.8 Å². The molecule has 0 aromatic rings. The van der Waals surface area contributed by atoms with Crippen molar-refractivity contribution in [1.29, 1.82) is 0 Å². The van der Waals surface area contributed by atoms with Gasteiger partial charge < -0.3 is 0 Å².